The number of primary amides is 1. The van der Waals surface area contributed by atoms with Crippen LogP contribution < -0.4 is 16.4 Å². The molecule has 2 amide bonds. The molecule has 0 radical (unpaired) electrons. The number of carbonyl (C=O) groups excluding carboxylic acids is 2. The van der Waals surface area contributed by atoms with Crippen LogP contribution in [0.3, 0.4) is 0 Å². The molecule has 0 aliphatic carbocycles. The third-order valence-corrected chi connectivity index (χ3v) is 2.88. The van der Waals surface area contributed by atoms with Crippen LogP contribution >= 0.6 is 0 Å². The van der Waals surface area contributed by atoms with Gasteiger partial charge in [-0.3, -0.25) is 9.59 Å². The predicted octanol–water partition coefficient (Wildman–Crippen LogP) is 0.124. The molecule has 96 valence electrons. The van der Waals surface area contributed by atoms with Gasteiger partial charge in [0, 0.05) is 11.8 Å². The van der Waals surface area contributed by atoms with Crippen LogP contribution in [0.4, 0.5) is 0 Å². The smallest absolute Gasteiger partial charge is 0.246 e. The number of hydrogen-bond donors (Lipinski definition) is 3. The average Bonchev–Trinajstić information content (AvgIpc) is 2.55. The first kappa shape index (κ1) is 13.5. The minimum atomic E-state index is -0.449. The Balaban J connectivity index is 2.81. The minimum absolute atomic E-state index is 0.0666. The fraction of sp³-hybridized carbons (Fsp3) is 0.667. The Labute approximate surface area is 102 Å². The molecule has 17 heavy (non-hydrogen) atoms. The maximum atomic E-state index is 11.3. The van der Waals surface area contributed by atoms with Gasteiger partial charge in [0.25, 0.3) is 0 Å². The molecule has 4 N–H and O–H groups in total. The molecular weight excluding hydrogens is 218 g/mol. The van der Waals surface area contributed by atoms with Crippen molar-refractivity contribution in [2.75, 3.05) is 0 Å². The first-order chi connectivity index (χ1) is 7.82. The Kier molecular flexibility index (Phi) is 4.15. The van der Waals surface area contributed by atoms with E-state index in [0.29, 0.717) is 0 Å². The molecule has 0 spiro atoms. The number of rotatable bonds is 5. The van der Waals surface area contributed by atoms with Gasteiger partial charge in [0.15, 0.2) is 0 Å². The van der Waals surface area contributed by atoms with E-state index in [1.807, 2.05) is 27.7 Å². The molecular formula is C12H21N3O2. The van der Waals surface area contributed by atoms with Crippen LogP contribution in [0, 0.1) is 11.8 Å². The number of nitrogens with one attached hydrogen (secondary N) is 2. The average molecular weight is 239 g/mol. The van der Waals surface area contributed by atoms with Gasteiger partial charge in [-0.15, -0.1) is 0 Å². The Bertz CT molecular complexity index is 348. The predicted molar refractivity (Wildman–Crippen MR) is 65.8 cm³/mol. The van der Waals surface area contributed by atoms with Crippen molar-refractivity contribution in [3.8, 4) is 0 Å². The van der Waals surface area contributed by atoms with Crippen LogP contribution in [0.15, 0.2) is 11.8 Å². The van der Waals surface area contributed by atoms with Crippen LogP contribution in [0.25, 0.3) is 0 Å². The zero-order chi connectivity index (χ0) is 13.2. The molecule has 0 aromatic heterocycles. The van der Waals surface area contributed by atoms with E-state index in [1.54, 1.807) is 0 Å². The van der Waals surface area contributed by atoms with Crippen molar-refractivity contribution in [1.82, 2.24) is 10.6 Å². The number of hydrogen-bond acceptors (Lipinski definition) is 3. The monoisotopic (exact) mass is 239 g/mol. The van der Waals surface area contributed by atoms with Crippen LogP contribution in [-0.4, -0.2) is 23.9 Å². The van der Waals surface area contributed by atoms with Crippen LogP contribution in [0.5, 0.6) is 0 Å². The van der Waals surface area contributed by atoms with E-state index >= 15 is 0 Å². The Hall–Kier alpha value is -1.52. The van der Waals surface area contributed by atoms with E-state index in [-0.39, 0.29) is 23.8 Å². The number of nitrogens with two attached hydrogens (primary N) is 1. The third-order valence-electron chi connectivity index (χ3n) is 2.88. The van der Waals surface area contributed by atoms with E-state index in [2.05, 4.69) is 10.6 Å². The summed E-state index contributed by atoms with van der Waals surface area (Å²) in [5, 5.41) is 5.92. The van der Waals surface area contributed by atoms with E-state index in [0.717, 1.165) is 5.70 Å². The zero-order valence-electron chi connectivity index (χ0n) is 10.8. The summed E-state index contributed by atoms with van der Waals surface area (Å²) in [7, 11) is 0. The van der Waals surface area contributed by atoms with Gasteiger partial charge >= 0.3 is 0 Å². The zero-order valence-corrected chi connectivity index (χ0v) is 10.8. The van der Waals surface area contributed by atoms with Gasteiger partial charge in [-0.2, -0.15) is 0 Å². The Morgan fingerprint density at radius 1 is 1.41 bits per heavy atom. The number of amides is 2. The molecule has 0 fully saturated rings. The normalized spacial score (nSPS) is 21.4. The maximum Gasteiger partial charge on any atom is 0.246 e. The molecule has 5 heteroatoms. The molecule has 1 heterocycles. The van der Waals surface area contributed by atoms with Crippen molar-refractivity contribution < 1.29 is 9.59 Å². The van der Waals surface area contributed by atoms with Gasteiger partial charge in [0.2, 0.25) is 11.8 Å². The first-order valence-corrected chi connectivity index (χ1v) is 5.91. The SMILES string of the molecule is CC(C)[C@H](NC1=CC(=O)N[C@H]1C(C)C)C(N)=O. The van der Waals surface area contributed by atoms with Gasteiger partial charge < -0.3 is 16.4 Å². The molecule has 0 aromatic carbocycles. The fourth-order valence-corrected chi connectivity index (χ4v) is 1.91. The molecule has 0 aromatic rings. The molecule has 2 atom stereocenters. The van der Waals surface area contributed by atoms with Crippen molar-refractivity contribution in [2.45, 2.75) is 39.8 Å². The van der Waals surface area contributed by atoms with E-state index in [9.17, 15) is 9.59 Å². The van der Waals surface area contributed by atoms with Crippen LogP contribution in [0.1, 0.15) is 27.7 Å². The molecule has 1 rings (SSSR count). The highest BCUT2D eigenvalue weighted by molar-refractivity contribution is 5.92. The quantitative estimate of drug-likeness (QED) is 0.637. The minimum Gasteiger partial charge on any atom is -0.375 e. The van der Waals surface area contributed by atoms with E-state index < -0.39 is 11.9 Å². The summed E-state index contributed by atoms with van der Waals surface area (Å²) in [5.74, 6) is -0.182. The Morgan fingerprint density at radius 2 is 2.00 bits per heavy atom. The highest BCUT2D eigenvalue weighted by Crippen LogP contribution is 2.17. The second-order valence-corrected chi connectivity index (χ2v) is 5.10. The van der Waals surface area contributed by atoms with Crippen LogP contribution in [0.2, 0.25) is 0 Å². The topological polar surface area (TPSA) is 84.2 Å². The standard InChI is InChI=1S/C12H21N3O2/c1-6(2)10-8(5-9(16)15-10)14-11(7(3)4)12(13)17/h5-7,10-11,14H,1-4H3,(H2,13,17)(H,15,16)/t10-,11-/m0/s1. The second-order valence-electron chi connectivity index (χ2n) is 5.10. The second kappa shape index (κ2) is 5.21. The molecule has 1 aliphatic heterocycles. The molecule has 0 saturated carbocycles. The van der Waals surface area contributed by atoms with Gasteiger partial charge in [0.1, 0.15) is 6.04 Å². The summed E-state index contributed by atoms with van der Waals surface area (Å²) in [5.41, 5.74) is 6.09. The van der Waals surface area contributed by atoms with Crippen molar-refractivity contribution in [3.63, 3.8) is 0 Å². The summed E-state index contributed by atoms with van der Waals surface area (Å²) in [6, 6.07) is -0.515. The Morgan fingerprint density at radius 3 is 2.41 bits per heavy atom. The summed E-state index contributed by atoms with van der Waals surface area (Å²) in [6.07, 6.45) is 1.50. The van der Waals surface area contributed by atoms with Crippen molar-refractivity contribution >= 4 is 11.8 Å². The van der Waals surface area contributed by atoms with Crippen molar-refractivity contribution in [2.24, 2.45) is 17.6 Å². The summed E-state index contributed by atoms with van der Waals surface area (Å²) >= 11 is 0. The lowest BCUT2D eigenvalue weighted by molar-refractivity contribution is -0.120. The maximum absolute atomic E-state index is 11.3. The third kappa shape index (κ3) is 3.22. The molecule has 0 saturated heterocycles. The van der Waals surface area contributed by atoms with Crippen molar-refractivity contribution in [1.29, 1.82) is 0 Å². The van der Waals surface area contributed by atoms with E-state index in [1.165, 1.54) is 6.08 Å². The summed E-state index contributed by atoms with van der Waals surface area (Å²) in [4.78, 5) is 22.7. The van der Waals surface area contributed by atoms with Gasteiger partial charge in [-0.05, 0) is 11.8 Å². The largest absolute Gasteiger partial charge is 0.375 e. The van der Waals surface area contributed by atoms with Crippen molar-refractivity contribution in [3.05, 3.63) is 11.8 Å². The molecule has 0 unspecified atom stereocenters. The highest BCUT2D eigenvalue weighted by atomic mass is 16.2. The lowest BCUT2D eigenvalue weighted by Crippen LogP contribution is -2.48. The molecule has 1 aliphatic rings. The lowest BCUT2D eigenvalue weighted by Gasteiger charge is -2.26. The fourth-order valence-electron chi connectivity index (χ4n) is 1.91. The van der Waals surface area contributed by atoms with Gasteiger partial charge in [-0.1, -0.05) is 27.7 Å². The van der Waals surface area contributed by atoms with Gasteiger partial charge in [-0.25, -0.2) is 0 Å². The lowest BCUT2D eigenvalue weighted by atomic mass is 9.99. The van der Waals surface area contributed by atoms with E-state index in [4.69, 9.17) is 5.73 Å². The molecule has 0 bridgehead atoms. The summed E-state index contributed by atoms with van der Waals surface area (Å²) < 4.78 is 0. The summed E-state index contributed by atoms with van der Waals surface area (Å²) in [6.45, 7) is 7.86. The highest BCUT2D eigenvalue weighted by Gasteiger charge is 2.30. The molecule has 5 nitrogen and oxygen atoms in total. The van der Waals surface area contributed by atoms with Crippen LogP contribution in [-0.2, 0) is 9.59 Å². The number of carbonyl (C=O) groups is 2. The van der Waals surface area contributed by atoms with Gasteiger partial charge in [0.05, 0.1) is 6.04 Å². The first-order valence-electron chi connectivity index (χ1n) is 5.91.